The molecule has 0 heterocycles. The van der Waals surface area contributed by atoms with E-state index in [1.54, 1.807) is 48.5 Å². The van der Waals surface area contributed by atoms with Crippen LogP contribution in [0.4, 0.5) is 0 Å². The molecule has 0 unspecified atom stereocenters. The molecule has 3 rings (SSSR count). The normalized spacial score (nSPS) is 15.5. The van der Waals surface area contributed by atoms with E-state index in [1.807, 2.05) is 0 Å². The Morgan fingerprint density at radius 2 is 1.33 bits per heavy atom. The molecule has 1 aliphatic carbocycles. The Labute approximate surface area is 151 Å². The van der Waals surface area contributed by atoms with Crippen molar-refractivity contribution in [1.82, 2.24) is 5.32 Å². The molecule has 1 fully saturated rings. The summed E-state index contributed by atoms with van der Waals surface area (Å²) in [7, 11) is 0. The number of amides is 1. The van der Waals surface area contributed by atoms with Gasteiger partial charge in [-0.1, -0.05) is 60.3 Å². The molecule has 0 spiro atoms. The summed E-state index contributed by atoms with van der Waals surface area (Å²) in [4.78, 5) is 13.0. The number of nitrogens with one attached hydrogen (secondary N) is 1. The minimum absolute atomic E-state index is 0.114. The van der Waals surface area contributed by atoms with Gasteiger partial charge in [0, 0.05) is 16.1 Å². The Kier molecular flexibility index (Phi) is 5.14. The van der Waals surface area contributed by atoms with Crippen molar-refractivity contribution in [1.29, 1.82) is 0 Å². The zero-order chi connectivity index (χ0) is 17.2. The molecular formula is C19H19Cl2NO2. The second kappa shape index (κ2) is 7.14. The summed E-state index contributed by atoms with van der Waals surface area (Å²) >= 11 is 11.9. The van der Waals surface area contributed by atoms with Gasteiger partial charge in [-0.2, -0.15) is 0 Å². The molecule has 1 saturated carbocycles. The monoisotopic (exact) mass is 363 g/mol. The summed E-state index contributed by atoms with van der Waals surface area (Å²) in [6, 6.07) is 13.5. The van der Waals surface area contributed by atoms with E-state index in [4.69, 9.17) is 23.2 Å². The third-order valence-corrected chi connectivity index (χ3v) is 5.05. The Bertz CT molecular complexity index is 662. The van der Waals surface area contributed by atoms with Crippen molar-refractivity contribution in [3.05, 3.63) is 69.7 Å². The number of rotatable bonds is 4. The van der Waals surface area contributed by atoms with Gasteiger partial charge in [0.05, 0.1) is 0 Å². The molecule has 2 aromatic carbocycles. The van der Waals surface area contributed by atoms with E-state index in [-0.39, 0.29) is 6.04 Å². The Balaban J connectivity index is 2.00. The highest BCUT2D eigenvalue weighted by Gasteiger charge is 2.41. The van der Waals surface area contributed by atoms with E-state index >= 15 is 0 Å². The highest BCUT2D eigenvalue weighted by molar-refractivity contribution is 6.30. The molecule has 0 aliphatic heterocycles. The van der Waals surface area contributed by atoms with Gasteiger partial charge in [0.15, 0.2) is 5.60 Å². The van der Waals surface area contributed by atoms with E-state index in [9.17, 15) is 9.90 Å². The van der Waals surface area contributed by atoms with Crippen molar-refractivity contribution >= 4 is 29.1 Å². The minimum atomic E-state index is -1.78. The first-order chi connectivity index (χ1) is 11.5. The van der Waals surface area contributed by atoms with E-state index in [2.05, 4.69) is 5.32 Å². The Morgan fingerprint density at radius 1 is 0.917 bits per heavy atom. The largest absolute Gasteiger partial charge is 0.372 e. The van der Waals surface area contributed by atoms with Crippen LogP contribution < -0.4 is 5.32 Å². The summed E-state index contributed by atoms with van der Waals surface area (Å²) in [5.74, 6) is -0.418. The summed E-state index contributed by atoms with van der Waals surface area (Å²) in [6.45, 7) is 0. The molecule has 1 amide bonds. The molecule has 0 bridgehead atoms. The van der Waals surface area contributed by atoms with Gasteiger partial charge in [-0.15, -0.1) is 0 Å². The number of carbonyl (C=O) groups excluding carboxylic acids is 1. The number of halogens is 2. The summed E-state index contributed by atoms with van der Waals surface area (Å²) < 4.78 is 0. The summed E-state index contributed by atoms with van der Waals surface area (Å²) in [5, 5.41) is 15.5. The van der Waals surface area contributed by atoms with Gasteiger partial charge in [-0.3, -0.25) is 4.79 Å². The van der Waals surface area contributed by atoms with Crippen molar-refractivity contribution in [3.63, 3.8) is 0 Å². The van der Waals surface area contributed by atoms with Crippen molar-refractivity contribution in [3.8, 4) is 0 Å². The van der Waals surface area contributed by atoms with Crippen LogP contribution in [-0.2, 0) is 10.4 Å². The van der Waals surface area contributed by atoms with Gasteiger partial charge in [0.25, 0.3) is 5.91 Å². The van der Waals surface area contributed by atoms with Crippen LogP contribution in [-0.4, -0.2) is 17.1 Å². The SMILES string of the molecule is O=C(NC1CCCC1)C(O)(c1ccc(Cl)cc1)c1ccc(Cl)cc1. The highest BCUT2D eigenvalue weighted by atomic mass is 35.5. The Hall–Kier alpha value is -1.55. The van der Waals surface area contributed by atoms with E-state index < -0.39 is 11.5 Å². The van der Waals surface area contributed by atoms with Crippen LogP contribution in [0.2, 0.25) is 10.0 Å². The predicted molar refractivity (Wildman–Crippen MR) is 96.3 cm³/mol. The van der Waals surface area contributed by atoms with Crippen LogP contribution in [0.25, 0.3) is 0 Å². The predicted octanol–water partition coefficient (Wildman–Crippen LogP) is 4.29. The first-order valence-corrected chi connectivity index (χ1v) is 8.81. The molecule has 126 valence electrons. The number of hydrogen-bond acceptors (Lipinski definition) is 2. The molecular weight excluding hydrogens is 345 g/mol. The minimum Gasteiger partial charge on any atom is -0.372 e. The number of benzene rings is 2. The molecule has 0 aromatic heterocycles. The van der Waals surface area contributed by atoms with Crippen molar-refractivity contribution in [2.75, 3.05) is 0 Å². The highest BCUT2D eigenvalue weighted by Crippen LogP contribution is 2.32. The van der Waals surface area contributed by atoms with Crippen LogP contribution in [0.5, 0.6) is 0 Å². The Morgan fingerprint density at radius 3 is 1.75 bits per heavy atom. The van der Waals surface area contributed by atoms with Crippen molar-refractivity contribution < 1.29 is 9.90 Å². The lowest BCUT2D eigenvalue weighted by atomic mass is 9.85. The van der Waals surface area contributed by atoms with E-state index in [0.717, 1.165) is 25.7 Å². The molecule has 2 aromatic rings. The van der Waals surface area contributed by atoms with Gasteiger partial charge in [0.1, 0.15) is 0 Å². The standard InChI is InChI=1S/C19H19Cl2NO2/c20-15-9-5-13(6-10-15)19(24,14-7-11-16(21)12-8-14)18(23)22-17-3-1-2-4-17/h5-12,17,24H,1-4H2,(H,22,23). The number of hydrogen-bond donors (Lipinski definition) is 2. The van der Waals surface area contributed by atoms with Crippen molar-refractivity contribution in [2.45, 2.75) is 37.3 Å². The summed E-state index contributed by atoms with van der Waals surface area (Å²) in [6.07, 6.45) is 4.10. The maximum Gasteiger partial charge on any atom is 0.261 e. The number of carbonyl (C=O) groups is 1. The summed E-state index contributed by atoms with van der Waals surface area (Å²) in [5.41, 5.74) is -0.827. The van der Waals surface area contributed by atoms with Crippen LogP contribution in [0.15, 0.2) is 48.5 Å². The third-order valence-electron chi connectivity index (χ3n) is 4.54. The lowest BCUT2D eigenvalue weighted by Crippen LogP contribution is -2.48. The molecule has 0 saturated heterocycles. The van der Waals surface area contributed by atoms with Gasteiger partial charge in [-0.25, -0.2) is 0 Å². The van der Waals surface area contributed by atoms with Crippen LogP contribution in [0.1, 0.15) is 36.8 Å². The fourth-order valence-corrected chi connectivity index (χ4v) is 3.42. The zero-order valence-corrected chi connectivity index (χ0v) is 14.6. The molecule has 3 nitrogen and oxygen atoms in total. The molecule has 2 N–H and O–H groups in total. The van der Waals surface area contributed by atoms with Crippen LogP contribution in [0.3, 0.4) is 0 Å². The fourth-order valence-electron chi connectivity index (χ4n) is 3.17. The molecule has 24 heavy (non-hydrogen) atoms. The lowest BCUT2D eigenvalue weighted by Gasteiger charge is -2.29. The average molecular weight is 364 g/mol. The molecule has 0 radical (unpaired) electrons. The molecule has 0 atom stereocenters. The maximum absolute atomic E-state index is 13.0. The van der Waals surface area contributed by atoms with Crippen LogP contribution >= 0.6 is 23.2 Å². The topological polar surface area (TPSA) is 49.3 Å². The first kappa shape index (κ1) is 17.3. The van der Waals surface area contributed by atoms with Gasteiger partial charge < -0.3 is 10.4 Å². The van der Waals surface area contributed by atoms with Gasteiger partial charge in [-0.05, 0) is 48.2 Å². The molecule has 5 heteroatoms. The second-order valence-corrected chi connectivity index (χ2v) is 7.05. The quantitative estimate of drug-likeness (QED) is 0.851. The van der Waals surface area contributed by atoms with Crippen molar-refractivity contribution in [2.24, 2.45) is 0 Å². The molecule has 1 aliphatic rings. The van der Waals surface area contributed by atoms with Gasteiger partial charge in [0.2, 0.25) is 0 Å². The maximum atomic E-state index is 13.0. The third kappa shape index (κ3) is 3.44. The van der Waals surface area contributed by atoms with E-state index in [1.165, 1.54) is 0 Å². The first-order valence-electron chi connectivity index (χ1n) is 8.05. The zero-order valence-electron chi connectivity index (χ0n) is 13.1. The van der Waals surface area contributed by atoms with Gasteiger partial charge >= 0.3 is 0 Å². The lowest BCUT2D eigenvalue weighted by molar-refractivity contribution is -0.137. The number of aliphatic hydroxyl groups is 1. The van der Waals surface area contributed by atoms with E-state index in [0.29, 0.717) is 21.2 Å². The fraction of sp³-hybridized carbons (Fsp3) is 0.316. The smallest absolute Gasteiger partial charge is 0.261 e. The second-order valence-electron chi connectivity index (χ2n) is 6.18. The average Bonchev–Trinajstić information content (AvgIpc) is 3.08. The van der Waals surface area contributed by atoms with Crippen LogP contribution in [0, 0.1) is 0 Å².